The molecule has 1 atom stereocenters. The van der Waals surface area contributed by atoms with Crippen LogP contribution in [0.15, 0.2) is 53.7 Å². The van der Waals surface area contributed by atoms with Gasteiger partial charge in [-0.3, -0.25) is 9.59 Å². The SMILES string of the molecule is CCn1c(SCC(=O)Nc2cccc(C)c2)nnc1C(C)NC(=O)c1ccccc1F. The summed E-state index contributed by atoms with van der Waals surface area (Å²) in [7, 11) is 0. The van der Waals surface area contributed by atoms with Gasteiger partial charge < -0.3 is 15.2 Å². The van der Waals surface area contributed by atoms with Crippen LogP contribution in [0.4, 0.5) is 10.1 Å². The highest BCUT2D eigenvalue weighted by Gasteiger charge is 2.21. The second kappa shape index (κ2) is 10.2. The Hall–Kier alpha value is -3.20. The van der Waals surface area contributed by atoms with Crippen molar-refractivity contribution in [3.63, 3.8) is 0 Å². The first kappa shape index (κ1) is 22.5. The predicted molar refractivity (Wildman–Crippen MR) is 119 cm³/mol. The summed E-state index contributed by atoms with van der Waals surface area (Å²) in [5, 5.41) is 14.5. The Labute approximate surface area is 184 Å². The third-order valence-electron chi connectivity index (χ3n) is 4.55. The van der Waals surface area contributed by atoms with Gasteiger partial charge in [-0.15, -0.1) is 10.2 Å². The fraction of sp³-hybridized carbons (Fsp3) is 0.273. The van der Waals surface area contributed by atoms with E-state index in [-0.39, 0.29) is 17.2 Å². The molecule has 2 N–H and O–H groups in total. The van der Waals surface area contributed by atoms with Crippen LogP contribution in [0.5, 0.6) is 0 Å². The average Bonchev–Trinajstić information content (AvgIpc) is 3.15. The van der Waals surface area contributed by atoms with Gasteiger partial charge in [-0.25, -0.2) is 4.39 Å². The number of hydrogen-bond acceptors (Lipinski definition) is 5. The number of nitrogens with one attached hydrogen (secondary N) is 2. The Morgan fingerprint density at radius 1 is 1.16 bits per heavy atom. The molecule has 7 nitrogen and oxygen atoms in total. The second-order valence-electron chi connectivity index (χ2n) is 6.97. The molecule has 0 radical (unpaired) electrons. The summed E-state index contributed by atoms with van der Waals surface area (Å²) in [5.41, 5.74) is 1.78. The molecule has 0 saturated heterocycles. The molecule has 2 amide bonds. The number of rotatable bonds is 8. The van der Waals surface area contributed by atoms with Gasteiger partial charge in [0.1, 0.15) is 5.82 Å². The average molecular weight is 442 g/mol. The summed E-state index contributed by atoms with van der Waals surface area (Å²) in [6.45, 7) is 6.20. The fourth-order valence-electron chi connectivity index (χ4n) is 3.06. The summed E-state index contributed by atoms with van der Waals surface area (Å²) in [6, 6.07) is 12.9. The van der Waals surface area contributed by atoms with Crippen molar-refractivity contribution in [2.75, 3.05) is 11.1 Å². The number of halogens is 1. The molecule has 0 spiro atoms. The van der Waals surface area contributed by atoms with Crippen LogP contribution in [0.3, 0.4) is 0 Å². The van der Waals surface area contributed by atoms with Crippen molar-refractivity contribution in [2.24, 2.45) is 0 Å². The first-order valence-electron chi connectivity index (χ1n) is 9.86. The van der Waals surface area contributed by atoms with E-state index in [1.165, 1.54) is 30.0 Å². The number of nitrogens with zero attached hydrogens (tertiary/aromatic N) is 3. The number of aromatic nitrogens is 3. The van der Waals surface area contributed by atoms with Gasteiger partial charge in [-0.05, 0) is 50.6 Å². The highest BCUT2D eigenvalue weighted by Crippen LogP contribution is 2.21. The molecule has 0 aliphatic carbocycles. The topological polar surface area (TPSA) is 88.9 Å². The maximum absolute atomic E-state index is 13.9. The van der Waals surface area contributed by atoms with Gasteiger partial charge >= 0.3 is 0 Å². The number of amides is 2. The van der Waals surface area contributed by atoms with Crippen LogP contribution in [0.1, 0.15) is 41.6 Å². The molecule has 1 aromatic heterocycles. The van der Waals surface area contributed by atoms with Crippen LogP contribution in [0.25, 0.3) is 0 Å². The van der Waals surface area contributed by atoms with Crippen molar-refractivity contribution < 1.29 is 14.0 Å². The lowest BCUT2D eigenvalue weighted by Gasteiger charge is -2.15. The third-order valence-corrected chi connectivity index (χ3v) is 5.52. The van der Waals surface area contributed by atoms with E-state index in [1.807, 2.05) is 42.7 Å². The number of carbonyl (C=O) groups excluding carboxylic acids is 2. The first-order chi connectivity index (χ1) is 14.9. The first-order valence-corrected chi connectivity index (χ1v) is 10.9. The van der Waals surface area contributed by atoms with Gasteiger partial charge in [0.05, 0.1) is 17.4 Å². The summed E-state index contributed by atoms with van der Waals surface area (Å²) in [4.78, 5) is 24.7. The zero-order valence-electron chi connectivity index (χ0n) is 17.6. The highest BCUT2D eigenvalue weighted by atomic mass is 32.2. The maximum Gasteiger partial charge on any atom is 0.254 e. The lowest BCUT2D eigenvalue weighted by molar-refractivity contribution is -0.113. The summed E-state index contributed by atoms with van der Waals surface area (Å²) in [5.74, 6) is -0.553. The molecule has 0 bridgehead atoms. The molecule has 3 aromatic rings. The molecule has 31 heavy (non-hydrogen) atoms. The minimum atomic E-state index is -0.583. The van der Waals surface area contributed by atoms with Crippen molar-refractivity contribution in [1.29, 1.82) is 0 Å². The summed E-state index contributed by atoms with van der Waals surface area (Å²) >= 11 is 1.26. The lowest BCUT2D eigenvalue weighted by atomic mass is 10.2. The minimum Gasteiger partial charge on any atom is -0.342 e. The van der Waals surface area contributed by atoms with E-state index in [4.69, 9.17) is 0 Å². The second-order valence-corrected chi connectivity index (χ2v) is 7.91. The van der Waals surface area contributed by atoms with Crippen molar-refractivity contribution in [3.8, 4) is 0 Å². The number of carbonyl (C=O) groups is 2. The van der Waals surface area contributed by atoms with Gasteiger partial charge in [0.15, 0.2) is 11.0 Å². The monoisotopic (exact) mass is 441 g/mol. The van der Waals surface area contributed by atoms with Gasteiger partial charge in [-0.2, -0.15) is 0 Å². The number of aryl methyl sites for hydroxylation is 1. The molecule has 3 rings (SSSR count). The quantitative estimate of drug-likeness (QED) is 0.517. The zero-order chi connectivity index (χ0) is 22.4. The van der Waals surface area contributed by atoms with E-state index in [0.717, 1.165) is 11.3 Å². The van der Waals surface area contributed by atoms with Crippen LogP contribution in [0, 0.1) is 12.7 Å². The van der Waals surface area contributed by atoms with Crippen LogP contribution in [0.2, 0.25) is 0 Å². The van der Waals surface area contributed by atoms with Crippen LogP contribution < -0.4 is 10.6 Å². The Morgan fingerprint density at radius 3 is 2.65 bits per heavy atom. The van der Waals surface area contributed by atoms with Crippen LogP contribution >= 0.6 is 11.8 Å². The molecular formula is C22H24FN5O2S. The smallest absolute Gasteiger partial charge is 0.254 e. The lowest BCUT2D eigenvalue weighted by Crippen LogP contribution is -2.29. The number of anilines is 1. The van der Waals surface area contributed by atoms with E-state index in [9.17, 15) is 14.0 Å². The summed E-state index contributed by atoms with van der Waals surface area (Å²) in [6.07, 6.45) is 0. The van der Waals surface area contributed by atoms with Crippen molar-refractivity contribution in [1.82, 2.24) is 20.1 Å². The Bertz CT molecular complexity index is 1090. The van der Waals surface area contributed by atoms with E-state index in [1.54, 1.807) is 13.0 Å². The molecule has 162 valence electrons. The molecule has 9 heteroatoms. The minimum absolute atomic E-state index is 0.0284. The zero-order valence-corrected chi connectivity index (χ0v) is 18.4. The molecular weight excluding hydrogens is 417 g/mol. The molecule has 0 aliphatic heterocycles. The fourth-order valence-corrected chi connectivity index (χ4v) is 3.87. The third kappa shape index (κ3) is 5.69. The van der Waals surface area contributed by atoms with Crippen molar-refractivity contribution in [3.05, 3.63) is 71.3 Å². The van der Waals surface area contributed by atoms with E-state index >= 15 is 0 Å². The van der Waals surface area contributed by atoms with Gasteiger partial charge in [-0.1, -0.05) is 36.0 Å². The number of thioether (sulfide) groups is 1. The largest absolute Gasteiger partial charge is 0.342 e. The van der Waals surface area contributed by atoms with E-state index < -0.39 is 17.8 Å². The highest BCUT2D eigenvalue weighted by molar-refractivity contribution is 7.99. The molecule has 1 heterocycles. The standard InChI is InChI=1S/C22H24FN5O2S/c1-4-28-20(15(3)24-21(30)17-10-5-6-11-18(17)23)26-27-22(28)31-13-19(29)25-16-9-7-8-14(2)12-16/h5-12,15H,4,13H2,1-3H3,(H,24,30)(H,25,29). The Kier molecular flexibility index (Phi) is 7.41. The number of hydrogen-bond donors (Lipinski definition) is 2. The molecule has 0 saturated carbocycles. The van der Waals surface area contributed by atoms with E-state index in [0.29, 0.717) is 17.5 Å². The van der Waals surface area contributed by atoms with Gasteiger partial charge in [0.25, 0.3) is 5.91 Å². The van der Waals surface area contributed by atoms with Gasteiger partial charge in [0.2, 0.25) is 5.91 Å². The molecule has 0 aliphatic rings. The van der Waals surface area contributed by atoms with Gasteiger partial charge in [0, 0.05) is 12.2 Å². The predicted octanol–water partition coefficient (Wildman–Crippen LogP) is 3.97. The Morgan fingerprint density at radius 2 is 1.94 bits per heavy atom. The normalized spacial score (nSPS) is 11.7. The summed E-state index contributed by atoms with van der Waals surface area (Å²) < 4.78 is 15.7. The molecule has 1 unspecified atom stereocenters. The molecule has 0 fully saturated rings. The van der Waals surface area contributed by atoms with Crippen LogP contribution in [-0.4, -0.2) is 32.3 Å². The maximum atomic E-state index is 13.9. The van der Waals surface area contributed by atoms with Crippen LogP contribution in [-0.2, 0) is 11.3 Å². The van der Waals surface area contributed by atoms with Crippen molar-refractivity contribution >= 4 is 29.3 Å². The molecule has 2 aromatic carbocycles. The van der Waals surface area contributed by atoms with Crippen molar-refractivity contribution in [2.45, 2.75) is 38.5 Å². The van der Waals surface area contributed by atoms with E-state index in [2.05, 4.69) is 20.8 Å². The number of benzene rings is 2. The Balaban J connectivity index is 1.63.